The van der Waals surface area contributed by atoms with Crippen molar-refractivity contribution >= 4 is 44.7 Å². The molecule has 0 aliphatic carbocycles. The topological polar surface area (TPSA) is 101 Å². The summed E-state index contributed by atoms with van der Waals surface area (Å²) in [5.74, 6) is 0. The molecule has 19 heavy (non-hydrogen) atoms. The molecule has 1 aromatic carbocycles. The van der Waals surface area contributed by atoms with Gasteiger partial charge < -0.3 is 10.5 Å². The first-order valence-electron chi connectivity index (χ1n) is 5.31. The number of hydrogen-bond acceptors (Lipinski definition) is 5. The number of benzene rings is 1. The maximum atomic E-state index is 7.50. The average molecular weight is 298 g/mol. The van der Waals surface area contributed by atoms with E-state index in [1.165, 1.54) is 0 Å². The maximum Gasteiger partial charge on any atom is 0.251 e. The van der Waals surface area contributed by atoms with Gasteiger partial charge in [-0.05, 0) is 6.07 Å². The van der Waals surface area contributed by atoms with Crippen LogP contribution in [-0.4, -0.2) is 20.2 Å². The highest BCUT2D eigenvalue weighted by Gasteiger charge is 2.10. The summed E-state index contributed by atoms with van der Waals surface area (Å²) in [7, 11) is 1.81. The summed E-state index contributed by atoms with van der Waals surface area (Å²) < 4.78 is 6.93. The van der Waals surface area contributed by atoms with Gasteiger partial charge in [-0.1, -0.05) is 17.7 Å². The molecule has 0 aliphatic rings. The molecular weight excluding hydrogens is 286 g/mol. The van der Waals surface area contributed by atoms with Gasteiger partial charge in [-0.3, -0.25) is 15.5 Å². The quantitative estimate of drug-likeness (QED) is 0.585. The number of thioether (sulfide) groups is 1. The van der Waals surface area contributed by atoms with Crippen LogP contribution in [0.3, 0.4) is 0 Å². The number of aromatic nitrogens is 2. The number of nitrogens with two attached hydrogens (primary N) is 1. The van der Waals surface area contributed by atoms with Gasteiger partial charge in [-0.15, -0.1) is 0 Å². The molecule has 0 spiro atoms. The lowest BCUT2D eigenvalue weighted by molar-refractivity contribution is 0.301. The van der Waals surface area contributed by atoms with Crippen molar-refractivity contribution in [2.24, 2.45) is 12.8 Å². The number of halogens is 1. The standard InChI is InChI=1S/C11H12ClN5OS/c1-17-9-7(4-16-17)6(2-3-8(9)12)5-18-11(15)19-10(13)14/h2-4,15H,5H2,1H3,(H3,13,14). The summed E-state index contributed by atoms with van der Waals surface area (Å²) >= 11 is 6.88. The normalized spacial score (nSPS) is 10.6. The van der Waals surface area contributed by atoms with E-state index in [9.17, 15) is 0 Å². The van der Waals surface area contributed by atoms with Gasteiger partial charge in [0.15, 0.2) is 5.17 Å². The Morgan fingerprint density at radius 1 is 1.53 bits per heavy atom. The minimum absolute atomic E-state index is 0.112. The highest BCUT2D eigenvalue weighted by atomic mass is 35.5. The van der Waals surface area contributed by atoms with Crippen LogP contribution in [-0.2, 0) is 18.4 Å². The number of rotatable bonds is 2. The average Bonchev–Trinajstić information content (AvgIpc) is 2.71. The molecule has 1 heterocycles. The lowest BCUT2D eigenvalue weighted by Gasteiger charge is -2.08. The Morgan fingerprint density at radius 3 is 2.95 bits per heavy atom. The molecule has 0 radical (unpaired) electrons. The largest absolute Gasteiger partial charge is 0.468 e. The van der Waals surface area contributed by atoms with E-state index < -0.39 is 0 Å². The molecule has 100 valence electrons. The van der Waals surface area contributed by atoms with E-state index >= 15 is 0 Å². The molecule has 6 nitrogen and oxygen atoms in total. The van der Waals surface area contributed by atoms with Crippen LogP contribution < -0.4 is 5.73 Å². The van der Waals surface area contributed by atoms with E-state index in [0.717, 1.165) is 28.2 Å². The number of amidine groups is 1. The first-order chi connectivity index (χ1) is 8.99. The van der Waals surface area contributed by atoms with Gasteiger partial charge in [0.2, 0.25) is 0 Å². The van der Waals surface area contributed by atoms with E-state index in [-0.39, 0.29) is 17.0 Å². The zero-order chi connectivity index (χ0) is 14.0. The highest BCUT2D eigenvalue weighted by Crippen LogP contribution is 2.26. The van der Waals surface area contributed by atoms with Crippen molar-refractivity contribution in [1.82, 2.24) is 9.78 Å². The third-order valence-electron chi connectivity index (χ3n) is 2.50. The van der Waals surface area contributed by atoms with Gasteiger partial charge in [0, 0.05) is 29.8 Å². The minimum Gasteiger partial charge on any atom is -0.468 e. The second-order valence-corrected chi connectivity index (χ2v) is 5.20. The summed E-state index contributed by atoms with van der Waals surface area (Å²) in [6.07, 6.45) is 1.71. The molecule has 0 fully saturated rings. The van der Waals surface area contributed by atoms with Gasteiger partial charge in [0.05, 0.1) is 16.7 Å². The summed E-state index contributed by atoms with van der Waals surface area (Å²) in [4.78, 5) is 0. The summed E-state index contributed by atoms with van der Waals surface area (Å²) in [5, 5.41) is 19.9. The SMILES string of the molecule is Cn1ncc2c(COC(=N)SC(=N)N)ccc(Cl)c21. The third-order valence-corrected chi connectivity index (χ3v) is 3.33. The smallest absolute Gasteiger partial charge is 0.251 e. The molecule has 2 rings (SSSR count). The van der Waals surface area contributed by atoms with E-state index in [4.69, 9.17) is 32.9 Å². The molecule has 0 bridgehead atoms. The molecule has 0 atom stereocenters. The lowest BCUT2D eigenvalue weighted by Crippen LogP contribution is -2.10. The number of aryl methyl sites for hydroxylation is 1. The fourth-order valence-corrected chi connectivity index (χ4v) is 2.30. The fourth-order valence-electron chi connectivity index (χ4n) is 1.70. The van der Waals surface area contributed by atoms with Crippen LogP contribution in [0.2, 0.25) is 5.02 Å². The molecule has 0 saturated heterocycles. The van der Waals surface area contributed by atoms with Crippen molar-refractivity contribution in [2.45, 2.75) is 6.61 Å². The Bertz CT molecular complexity index is 654. The van der Waals surface area contributed by atoms with Crippen LogP contribution in [0.5, 0.6) is 0 Å². The predicted molar refractivity (Wildman–Crippen MR) is 77.7 cm³/mol. The molecule has 1 aromatic heterocycles. The van der Waals surface area contributed by atoms with Crippen LogP contribution in [0.25, 0.3) is 10.9 Å². The zero-order valence-electron chi connectivity index (χ0n) is 10.1. The number of nitrogens with zero attached hydrogens (tertiary/aromatic N) is 2. The highest BCUT2D eigenvalue weighted by molar-refractivity contribution is 8.25. The number of hydrogen-bond donors (Lipinski definition) is 3. The molecular formula is C11H12ClN5OS. The molecule has 8 heteroatoms. The van der Waals surface area contributed by atoms with Crippen LogP contribution in [0, 0.1) is 10.8 Å². The number of ether oxygens (including phenoxy) is 1. The Balaban J connectivity index is 2.20. The molecule has 4 N–H and O–H groups in total. The third kappa shape index (κ3) is 2.99. The Hall–Kier alpha value is -1.73. The van der Waals surface area contributed by atoms with Gasteiger partial charge in [0.25, 0.3) is 5.23 Å². The van der Waals surface area contributed by atoms with E-state index in [1.807, 2.05) is 13.1 Å². The van der Waals surface area contributed by atoms with E-state index in [2.05, 4.69) is 5.10 Å². The van der Waals surface area contributed by atoms with Crippen molar-refractivity contribution in [2.75, 3.05) is 0 Å². The summed E-state index contributed by atoms with van der Waals surface area (Å²) in [6.45, 7) is 0.207. The summed E-state index contributed by atoms with van der Waals surface area (Å²) in [5.41, 5.74) is 6.87. The second kappa shape index (κ2) is 5.50. The monoisotopic (exact) mass is 297 g/mol. The van der Waals surface area contributed by atoms with Gasteiger partial charge in [-0.2, -0.15) is 5.10 Å². The molecule has 0 unspecified atom stereocenters. The first kappa shape index (κ1) is 13.7. The Labute approximate surface area is 118 Å². The summed E-state index contributed by atoms with van der Waals surface area (Å²) in [6, 6.07) is 3.60. The predicted octanol–water partition coefficient (Wildman–Crippen LogP) is 2.30. The van der Waals surface area contributed by atoms with Crippen molar-refractivity contribution in [3.63, 3.8) is 0 Å². The van der Waals surface area contributed by atoms with Crippen molar-refractivity contribution in [1.29, 1.82) is 10.8 Å². The maximum absolute atomic E-state index is 7.50. The fraction of sp³-hybridized carbons (Fsp3) is 0.182. The first-order valence-corrected chi connectivity index (χ1v) is 6.51. The van der Waals surface area contributed by atoms with Crippen LogP contribution in [0.15, 0.2) is 18.3 Å². The van der Waals surface area contributed by atoms with Crippen LogP contribution in [0.1, 0.15) is 5.56 Å². The minimum atomic E-state index is -0.173. The lowest BCUT2D eigenvalue weighted by atomic mass is 10.1. The number of fused-ring (bicyclic) bond motifs is 1. The molecule has 0 saturated carbocycles. The van der Waals surface area contributed by atoms with E-state index in [1.54, 1.807) is 16.9 Å². The molecule has 0 aliphatic heterocycles. The van der Waals surface area contributed by atoms with E-state index in [0.29, 0.717) is 5.02 Å². The van der Waals surface area contributed by atoms with Crippen molar-refractivity contribution in [3.05, 3.63) is 28.9 Å². The van der Waals surface area contributed by atoms with Crippen molar-refractivity contribution < 1.29 is 4.74 Å². The van der Waals surface area contributed by atoms with Gasteiger partial charge in [-0.25, -0.2) is 0 Å². The van der Waals surface area contributed by atoms with Crippen LogP contribution >= 0.6 is 23.4 Å². The molecule has 0 amide bonds. The van der Waals surface area contributed by atoms with Crippen molar-refractivity contribution in [3.8, 4) is 0 Å². The Kier molecular flexibility index (Phi) is 3.96. The Morgan fingerprint density at radius 2 is 2.26 bits per heavy atom. The molecule has 2 aromatic rings. The van der Waals surface area contributed by atoms with Gasteiger partial charge in [0.1, 0.15) is 6.61 Å². The number of nitrogens with one attached hydrogen (secondary N) is 2. The zero-order valence-corrected chi connectivity index (χ0v) is 11.7. The second-order valence-electron chi connectivity index (χ2n) is 3.78. The van der Waals surface area contributed by atoms with Crippen LogP contribution in [0.4, 0.5) is 0 Å². The van der Waals surface area contributed by atoms with Gasteiger partial charge >= 0.3 is 0 Å².